The zero-order valence-electron chi connectivity index (χ0n) is 6.20. The van der Waals surface area contributed by atoms with E-state index in [9.17, 15) is 4.79 Å². The summed E-state index contributed by atoms with van der Waals surface area (Å²) in [6.07, 6.45) is 0. The van der Waals surface area contributed by atoms with Crippen LogP contribution in [0.2, 0.25) is 0 Å². The van der Waals surface area contributed by atoms with E-state index < -0.39 is 16.4 Å². The molecule has 0 bridgehead atoms. The van der Waals surface area contributed by atoms with Crippen molar-refractivity contribution in [3.05, 3.63) is 0 Å². The fourth-order valence-corrected chi connectivity index (χ4v) is 0.287. The largest absolute Gasteiger partial charge is 0.473 e. The van der Waals surface area contributed by atoms with Crippen LogP contribution in [0.15, 0.2) is 0 Å². The molecule has 0 aliphatic heterocycles. The number of rotatable bonds is 2. The number of carbonyl (C=O) groups is 1. The number of hydrogen-bond acceptors (Lipinski definition) is 3. The van der Waals surface area contributed by atoms with Gasteiger partial charge in [0.15, 0.2) is 0 Å². The number of quaternary nitrogens is 1. The summed E-state index contributed by atoms with van der Waals surface area (Å²) in [7, 11) is 4.11. The van der Waals surface area contributed by atoms with Gasteiger partial charge < -0.3 is 15.3 Å². The van der Waals surface area contributed by atoms with Gasteiger partial charge in [0.25, 0.3) is 0 Å². The first-order chi connectivity index (χ1) is 4.19. The van der Waals surface area contributed by atoms with Crippen molar-refractivity contribution in [2.24, 2.45) is 0 Å². The third-order valence-corrected chi connectivity index (χ3v) is 1.22. The second-order valence-corrected chi connectivity index (χ2v) is 2.95. The molecule has 0 fully saturated rings. The van der Waals surface area contributed by atoms with Gasteiger partial charge in [-0.15, -0.1) is 0 Å². The second-order valence-electron chi connectivity index (χ2n) is 2.95. The summed E-state index contributed by atoms with van der Waals surface area (Å²) in [5.74, 6) is -4.36. The highest BCUT2D eigenvalue weighted by molar-refractivity contribution is 5.72. The minimum absolute atomic E-state index is 0.456. The van der Waals surface area contributed by atoms with Crippen LogP contribution in [0.4, 0.5) is 0 Å². The Morgan fingerprint density at radius 1 is 1.30 bits per heavy atom. The van der Waals surface area contributed by atoms with Crippen molar-refractivity contribution in [3.63, 3.8) is 0 Å². The van der Waals surface area contributed by atoms with Crippen LogP contribution < -0.4 is 0 Å². The molecule has 0 aliphatic carbocycles. The van der Waals surface area contributed by atoms with Crippen LogP contribution in [0.1, 0.15) is 0 Å². The van der Waals surface area contributed by atoms with Gasteiger partial charge in [0.2, 0.25) is 0 Å². The molecule has 0 radical (unpaired) electrons. The quantitative estimate of drug-likeness (QED) is 0.328. The number of carboxylic acid groups (broad SMARTS) is 1. The predicted octanol–water partition coefficient (Wildman–Crippen LogP) is -1.58. The Bertz CT molecular complexity index is 146. The molecule has 3 N–H and O–H groups in total. The first kappa shape index (κ1) is 9.35. The second kappa shape index (κ2) is 2.19. The van der Waals surface area contributed by atoms with Crippen LogP contribution in [-0.2, 0) is 4.79 Å². The van der Waals surface area contributed by atoms with Gasteiger partial charge >= 0.3 is 11.9 Å². The Morgan fingerprint density at radius 2 is 1.60 bits per heavy atom. The van der Waals surface area contributed by atoms with Crippen LogP contribution in [0, 0.1) is 0 Å². The normalized spacial score (nSPS) is 13.3. The van der Waals surface area contributed by atoms with Crippen molar-refractivity contribution in [1.82, 2.24) is 0 Å². The molecule has 0 aromatic carbocycles. The maximum atomic E-state index is 10.2. The monoisotopic (exact) mass is 150 g/mol. The van der Waals surface area contributed by atoms with Crippen molar-refractivity contribution >= 4 is 5.97 Å². The fraction of sp³-hybridized carbons (Fsp3) is 0.800. The molecule has 0 aliphatic rings. The first-order valence-corrected chi connectivity index (χ1v) is 2.69. The van der Waals surface area contributed by atoms with E-state index in [4.69, 9.17) is 15.3 Å². The molecular weight excluding hydrogens is 138 g/mol. The number of likely N-dealkylation sites (N-methyl/N-ethyl adjacent to an activating group) is 1. The Kier molecular flexibility index (Phi) is 2.05. The zero-order chi connectivity index (χ0) is 8.58. The predicted molar refractivity (Wildman–Crippen MR) is 32.8 cm³/mol. The van der Waals surface area contributed by atoms with Gasteiger partial charge in [-0.3, -0.25) is 4.48 Å². The standard InChI is InChI=1S/C5H11NO4/c1-6(2,3)5(9,10)4(7)8/h9-10H,1-3H3/p+1. The first-order valence-electron chi connectivity index (χ1n) is 2.69. The molecule has 60 valence electrons. The number of aliphatic hydroxyl groups is 2. The summed E-state index contributed by atoms with van der Waals surface area (Å²) in [6.45, 7) is 0. The lowest BCUT2D eigenvalue weighted by Gasteiger charge is -2.32. The van der Waals surface area contributed by atoms with Gasteiger partial charge in [-0.2, -0.15) is 0 Å². The van der Waals surface area contributed by atoms with E-state index >= 15 is 0 Å². The van der Waals surface area contributed by atoms with Crippen molar-refractivity contribution in [3.8, 4) is 0 Å². The molecule has 0 aromatic rings. The van der Waals surface area contributed by atoms with Crippen molar-refractivity contribution in [2.75, 3.05) is 21.1 Å². The van der Waals surface area contributed by atoms with E-state index in [0.717, 1.165) is 0 Å². The average molecular weight is 150 g/mol. The molecule has 0 amide bonds. The fourth-order valence-electron chi connectivity index (χ4n) is 0.287. The molecule has 0 atom stereocenters. The van der Waals surface area contributed by atoms with Gasteiger partial charge in [-0.05, 0) is 0 Å². The minimum Gasteiger partial charge on any atom is -0.473 e. The topological polar surface area (TPSA) is 77.8 Å². The number of nitrogens with zero attached hydrogens (tertiary/aromatic N) is 1. The summed E-state index contributed by atoms with van der Waals surface area (Å²) in [5, 5.41) is 26.0. The lowest BCUT2D eigenvalue weighted by Crippen LogP contribution is -2.62. The van der Waals surface area contributed by atoms with E-state index in [-0.39, 0.29) is 0 Å². The Hall–Kier alpha value is -0.650. The summed E-state index contributed by atoms with van der Waals surface area (Å²) >= 11 is 0. The Labute approximate surface area is 58.7 Å². The molecule has 0 rings (SSSR count). The Morgan fingerprint density at radius 3 is 1.60 bits per heavy atom. The number of aliphatic carboxylic acids is 1. The molecule has 0 spiro atoms. The van der Waals surface area contributed by atoms with Crippen LogP contribution >= 0.6 is 0 Å². The molecule has 0 aromatic heterocycles. The van der Waals surface area contributed by atoms with Gasteiger partial charge in [0, 0.05) is 0 Å². The molecule has 5 heteroatoms. The van der Waals surface area contributed by atoms with Gasteiger partial charge in [0.1, 0.15) is 0 Å². The lowest BCUT2D eigenvalue weighted by atomic mass is 10.4. The molecule has 0 saturated heterocycles. The molecule has 0 heterocycles. The maximum absolute atomic E-state index is 10.2. The lowest BCUT2D eigenvalue weighted by molar-refractivity contribution is -0.966. The van der Waals surface area contributed by atoms with Crippen molar-refractivity contribution in [1.29, 1.82) is 0 Å². The van der Waals surface area contributed by atoms with E-state index in [0.29, 0.717) is 0 Å². The van der Waals surface area contributed by atoms with Gasteiger partial charge in [0.05, 0.1) is 21.1 Å². The van der Waals surface area contributed by atoms with Crippen LogP contribution in [-0.4, -0.2) is 52.8 Å². The summed E-state index contributed by atoms with van der Waals surface area (Å²) in [6, 6.07) is 0. The highest BCUT2D eigenvalue weighted by Crippen LogP contribution is 2.10. The zero-order valence-corrected chi connectivity index (χ0v) is 6.20. The highest BCUT2D eigenvalue weighted by Gasteiger charge is 2.47. The molecule has 0 saturated carbocycles. The number of carboxylic acids is 1. The van der Waals surface area contributed by atoms with E-state index in [1.165, 1.54) is 21.1 Å². The van der Waals surface area contributed by atoms with Crippen molar-refractivity contribution in [2.45, 2.75) is 5.91 Å². The van der Waals surface area contributed by atoms with Gasteiger partial charge in [-0.1, -0.05) is 0 Å². The Balaban J connectivity index is 4.57. The summed E-state index contributed by atoms with van der Waals surface area (Å²) in [5.41, 5.74) is 0. The minimum atomic E-state index is -2.71. The van der Waals surface area contributed by atoms with Crippen LogP contribution in [0.5, 0.6) is 0 Å². The average Bonchev–Trinajstić information content (AvgIpc) is 1.62. The highest BCUT2D eigenvalue weighted by atomic mass is 16.6. The molecule has 0 unspecified atom stereocenters. The van der Waals surface area contributed by atoms with Crippen LogP contribution in [0.3, 0.4) is 0 Å². The third-order valence-electron chi connectivity index (χ3n) is 1.22. The smallest absolute Gasteiger partial charge is 0.428 e. The third kappa shape index (κ3) is 1.44. The molecule has 10 heavy (non-hydrogen) atoms. The van der Waals surface area contributed by atoms with E-state index in [1.54, 1.807) is 0 Å². The van der Waals surface area contributed by atoms with Crippen LogP contribution in [0.25, 0.3) is 0 Å². The maximum Gasteiger partial charge on any atom is 0.428 e. The SMILES string of the molecule is C[N+](C)(C)C(O)(O)C(=O)O. The number of hydrogen-bond donors (Lipinski definition) is 3. The van der Waals surface area contributed by atoms with Gasteiger partial charge in [-0.25, -0.2) is 4.79 Å². The molecule has 5 nitrogen and oxygen atoms in total. The van der Waals surface area contributed by atoms with Crippen molar-refractivity contribution < 1.29 is 24.6 Å². The van der Waals surface area contributed by atoms with E-state index in [2.05, 4.69) is 0 Å². The van der Waals surface area contributed by atoms with E-state index in [1.807, 2.05) is 0 Å². The summed E-state index contributed by atoms with van der Waals surface area (Å²) in [4.78, 5) is 10.2. The summed E-state index contributed by atoms with van der Waals surface area (Å²) < 4.78 is -0.456. The molecular formula is C5H12NO4+.